The van der Waals surface area contributed by atoms with E-state index in [0.717, 1.165) is 34.4 Å². The molecule has 4 heteroatoms. The summed E-state index contributed by atoms with van der Waals surface area (Å²) in [6, 6.07) is 9.61. The minimum Gasteiger partial charge on any atom is -0.366 e. The van der Waals surface area contributed by atoms with Crippen molar-refractivity contribution in [2.75, 3.05) is 11.4 Å². The summed E-state index contributed by atoms with van der Waals surface area (Å²) < 4.78 is 15.7. The maximum absolute atomic E-state index is 14.8. The summed E-state index contributed by atoms with van der Waals surface area (Å²) in [4.78, 5) is 6.80. The van der Waals surface area contributed by atoms with E-state index in [-0.39, 0.29) is 11.4 Å². The van der Waals surface area contributed by atoms with Crippen LogP contribution in [0.3, 0.4) is 0 Å². The van der Waals surface area contributed by atoms with Gasteiger partial charge in [-0.05, 0) is 91.4 Å². The van der Waals surface area contributed by atoms with Crippen LogP contribution < -0.4 is 4.90 Å². The second kappa shape index (κ2) is 7.15. The molecular weight excluding hydrogens is 391 g/mol. The monoisotopic (exact) mass is 416 g/mol. The van der Waals surface area contributed by atoms with Crippen LogP contribution in [0.15, 0.2) is 39.8 Å². The number of aryl methyl sites for hydroxylation is 1. The van der Waals surface area contributed by atoms with Gasteiger partial charge in [-0.1, -0.05) is 13.0 Å². The Kier molecular flexibility index (Phi) is 5.25. The molecule has 26 heavy (non-hydrogen) atoms. The van der Waals surface area contributed by atoms with Gasteiger partial charge in [-0.3, -0.25) is 4.99 Å². The molecule has 0 N–H and O–H groups in total. The van der Waals surface area contributed by atoms with E-state index >= 15 is 0 Å². The second-order valence-corrected chi connectivity index (χ2v) is 8.66. The van der Waals surface area contributed by atoms with Crippen LogP contribution in [0.4, 0.5) is 15.8 Å². The van der Waals surface area contributed by atoms with Crippen LogP contribution >= 0.6 is 15.9 Å². The van der Waals surface area contributed by atoms with E-state index in [1.54, 1.807) is 12.3 Å². The van der Waals surface area contributed by atoms with Gasteiger partial charge in [0.1, 0.15) is 5.82 Å². The third kappa shape index (κ3) is 3.57. The zero-order valence-corrected chi connectivity index (χ0v) is 17.7. The second-order valence-electron chi connectivity index (χ2n) is 7.81. The van der Waals surface area contributed by atoms with Crippen LogP contribution in [-0.2, 0) is 0 Å². The molecule has 0 saturated heterocycles. The Morgan fingerprint density at radius 3 is 2.69 bits per heavy atom. The van der Waals surface area contributed by atoms with E-state index in [1.165, 1.54) is 5.56 Å². The van der Waals surface area contributed by atoms with Gasteiger partial charge in [-0.15, -0.1) is 0 Å². The first-order chi connectivity index (χ1) is 12.2. The van der Waals surface area contributed by atoms with Crippen molar-refractivity contribution in [1.29, 1.82) is 0 Å². The van der Waals surface area contributed by atoms with Crippen molar-refractivity contribution in [3.05, 3.63) is 57.3 Å². The van der Waals surface area contributed by atoms with Crippen molar-refractivity contribution >= 4 is 33.5 Å². The highest BCUT2D eigenvalue weighted by molar-refractivity contribution is 9.10. The molecule has 1 atom stereocenters. The van der Waals surface area contributed by atoms with E-state index in [0.29, 0.717) is 11.5 Å². The van der Waals surface area contributed by atoms with Gasteiger partial charge >= 0.3 is 0 Å². The van der Waals surface area contributed by atoms with Crippen LogP contribution in [0.2, 0.25) is 0 Å². The van der Waals surface area contributed by atoms with Crippen molar-refractivity contribution in [3.63, 3.8) is 0 Å². The number of aliphatic imine (C=N–C) groups is 1. The summed E-state index contributed by atoms with van der Waals surface area (Å²) in [5.41, 5.74) is 4.76. The van der Waals surface area contributed by atoms with Gasteiger partial charge in [-0.2, -0.15) is 0 Å². The molecule has 0 fully saturated rings. The number of halogens is 2. The van der Waals surface area contributed by atoms with Crippen molar-refractivity contribution < 1.29 is 4.39 Å². The third-order valence-corrected chi connectivity index (χ3v) is 5.90. The number of nitrogens with zero attached hydrogens (tertiary/aromatic N) is 2. The Balaban J connectivity index is 2.01. The number of rotatable bonds is 3. The van der Waals surface area contributed by atoms with Gasteiger partial charge < -0.3 is 4.90 Å². The molecule has 2 aromatic carbocycles. The zero-order chi connectivity index (χ0) is 19.1. The van der Waals surface area contributed by atoms with Gasteiger partial charge in [0.05, 0.1) is 5.69 Å². The van der Waals surface area contributed by atoms with Crippen molar-refractivity contribution in [2.24, 2.45) is 4.99 Å². The molecule has 1 heterocycles. The van der Waals surface area contributed by atoms with Crippen LogP contribution in [0, 0.1) is 12.7 Å². The number of anilines is 1. The Morgan fingerprint density at radius 1 is 1.31 bits per heavy atom. The maximum Gasteiger partial charge on any atom is 0.134 e. The summed E-state index contributed by atoms with van der Waals surface area (Å²) in [5, 5.41) is 0. The number of fused-ring (bicyclic) bond motifs is 1. The van der Waals surface area contributed by atoms with Gasteiger partial charge in [0.25, 0.3) is 0 Å². The van der Waals surface area contributed by atoms with Gasteiger partial charge in [-0.25, -0.2) is 4.39 Å². The van der Waals surface area contributed by atoms with Crippen LogP contribution in [0.25, 0.3) is 0 Å². The largest absolute Gasteiger partial charge is 0.366 e. The lowest BCUT2D eigenvalue weighted by molar-refractivity contribution is 0.380. The van der Waals surface area contributed by atoms with E-state index in [4.69, 9.17) is 0 Å². The first-order valence-corrected chi connectivity index (χ1v) is 9.93. The Hall–Kier alpha value is -1.68. The van der Waals surface area contributed by atoms with E-state index in [2.05, 4.69) is 53.5 Å². The fraction of sp³-hybridized carbons (Fsp3) is 0.409. The lowest BCUT2D eigenvalue weighted by Gasteiger charge is -2.47. The molecule has 0 spiro atoms. The summed E-state index contributed by atoms with van der Waals surface area (Å²) >= 11 is 3.52. The molecule has 3 rings (SSSR count). The summed E-state index contributed by atoms with van der Waals surface area (Å²) in [6.07, 6.45) is 2.69. The summed E-state index contributed by atoms with van der Waals surface area (Å²) in [7, 11) is 0. The molecule has 2 nitrogen and oxygen atoms in total. The minimum atomic E-state index is -0.223. The first-order valence-electron chi connectivity index (χ1n) is 9.14. The SMILES string of the molecule is CCN1c2cc(F)c(C=Nc3ccc(C)cc3Br)cc2C(C)CC1(C)C. The average Bonchev–Trinajstić information content (AvgIpc) is 2.54. The number of hydrogen-bond acceptors (Lipinski definition) is 2. The molecule has 1 unspecified atom stereocenters. The smallest absolute Gasteiger partial charge is 0.134 e. The van der Waals surface area contributed by atoms with Gasteiger partial charge in [0.2, 0.25) is 0 Å². The average molecular weight is 417 g/mol. The lowest BCUT2D eigenvalue weighted by atomic mass is 9.79. The molecule has 0 bridgehead atoms. The molecule has 2 aromatic rings. The lowest BCUT2D eigenvalue weighted by Crippen LogP contribution is -2.48. The molecular formula is C22H26BrFN2. The molecule has 0 radical (unpaired) electrons. The highest BCUT2D eigenvalue weighted by Gasteiger charge is 2.36. The number of benzene rings is 2. The minimum absolute atomic E-state index is 0.0377. The zero-order valence-electron chi connectivity index (χ0n) is 16.1. The highest BCUT2D eigenvalue weighted by atomic mass is 79.9. The molecule has 1 aliphatic rings. The summed E-state index contributed by atoms with van der Waals surface area (Å²) in [6.45, 7) is 11.7. The fourth-order valence-corrected chi connectivity index (χ4v) is 4.67. The van der Waals surface area contributed by atoms with Crippen molar-refractivity contribution in [2.45, 2.75) is 52.5 Å². The summed E-state index contributed by atoms with van der Waals surface area (Å²) in [5.74, 6) is 0.167. The number of hydrogen-bond donors (Lipinski definition) is 0. The van der Waals surface area contributed by atoms with Crippen LogP contribution in [0.5, 0.6) is 0 Å². The molecule has 0 aromatic heterocycles. The standard InChI is InChI=1S/C22H26BrFN2/c1-6-26-21-11-19(24)16(10-17(21)15(3)12-22(26,4)5)13-25-20-8-7-14(2)9-18(20)23/h7-11,13,15H,6,12H2,1-5H3. The topological polar surface area (TPSA) is 15.6 Å². The third-order valence-electron chi connectivity index (χ3n) is 5.27. The van der Waals surface area contributed by atoms with E-state index < -0.39 is 0 Å². The highest BCUT2D eigenvalue weighted by Crippen LogP contribution is 2.43. The predicted octanol–water partition coefficient (Wildman–Crippen LogP) is 6.76. The maximum atomic E-state index is 14.8. The quantitative estimate of drug-likeness (QED) is 0.504. The molecule has 0 amide bonds. The molecule has 0 aliphatic carbocycles. The van der Waals surface area contributed by atoms with Gasteiger partial charge in [0, 0.05) is 34.0 Å². The van der Waals surface area contributed by atoms with E-state index in [9.17, 15) is 4.39 Å². The fourth-order valence-electron chi connectivity index (χ4n) is 4.07. The molecule has 0 saturated carbocycles. The van der Waals surface area contributed by atoms with Crippen molar-refractivity contribution in [3.8, 4) is 0 Å². The Morgan fingerprint density at radius 2 is 2.04 bits per heavy atom. The first kappa shape index (κ1) is 19.1. The van der Waals surface area contributed by atoms with Crippen molar-refractivity contribution in [1.82, 2.24) is 0 Å². The molecule has 1 aliphatic heterocycles. The van der Waals surface area contributed by atoms with Crippen LogP contribution in [-0.4, -0.2) is 18.3 Å². The Labute approximate surface area is 164 Å². The predicted molar refractivity (Wildman–Crippen MR) is 113 cm³/mol. The van der Waals surface area contributed by atoms with Gasteiger partial charge in [0.15, 0.2) is 0 Å². The normalized spacial score (nSPS) is 19.0. The molecule has 138 valence electrons. The van der Waals surface area contributed by atoms with Crippen LogP contribution in [0.1, 0.15) is 56.7 Å². The Bertz CT molecular complexity index is 857. The van der Waals surface area contributed by atoms with E-state index in [1.807, 2.05) is 31.2 Å².